The van der Waals surface area contributed by atoms with Crippen molar-refractivity contribution in [1.29, 1.82) is 0 Å². The largest absolute Gasteiger partial charge is 0.508 e. The van der Waals surface area contributed by atoms with Crippen molar-refractivity contribution in [3.8, 4) is 28.9 Å². The summed E-state index contributed by atoms with van der Waals surface area (Å²) in [6.45, 7) is 5.33. The molecule has 0 radical (unpaired) electrons. The van der Waals surface area contributed by atoms with Crippen LogP contribution in [-0.2, 0) is 6.42 Å². The molecule has 4 aromatic rings. The highest BCUT2D eigenvalue weighted by Crippen LogP contribution is 2.54. The Labute approximate surface area is 282 Å². The third-order valence-corrected chi connectivity index (χ3v) is 12.3. The summed E-state index contributed by atoms with van der Waals surface area (Å²) in [5, 5.41) is 26.0. The van der Waals surface area contributed by atoms with Crippen LogP contribution in [0.1, 0.15) is 44.6 Å². The molecule has 4 aliphatic heterocycles. The van der Waals surface area contributed by atoms with Gasteiger partial charge in [0.2, 0.25) is 5.88 Å². The molecule has 6 atom stereocenters. The maximum Gasteiger partial charge on any atom is 0.319 e. The van der Waals surface area contributed by atoms with Crippen molar-refractivity contribution in [2.45, 2.75) is 69.6 Å². The molecule has 256 valence electrons. The highest BCUT2D eigenvalue weighted by molar-refractivity contribution is 6.03. The second kappa shape index (κ2) is 10.8. The molecule has 6 heterocycles. The van der Waals surface area contributed by atoms with Gasteiger partial charge in [-0.15, -0.1) is 0 Å². The minimum Gasteiger partial charge on any atom is -0.508 e. The number of aromatic nitrogens is 3. The number of rotatable bonds is 8. The van der Waals surface area contributed by atoms with Crippen molar-refractivity contribution in [3.63, 3.8) is 0 Å². The van der Waals surface area contributed by atoms with Gasteiger partial charge in [-0.05, 0) is 84.9 Å². The SMILES string of the molecule is CCc1c(F)ccc2cc(O)cc(-c3nc4c5c(nc(OCC6(CN7C[C@@H]8C[C@@H]8[C@@H]7CO)CC6)nc5c3F)N3C[C@@H]5CC[C@@H](N5)[C@@H]3CO4)c12. The van der Waals surface area contributed by atoms with E-state index in [9.17, 15) is 10.2 Å². The number of piperidine rings is 1. The van der Waals surface area contributed by atoms with E-state index in [0.717, 1.165) is 38.8 Å². The molecule has 0 spiro atoms. The number of anilines is 1. The lowest BCUT2D eigenvalue weighted by Gasteiger charge is -2.40. The van der Waals surface area contributed by atoms with Gasteiger partial charge in [0.15, 0.2) is 5.82 Å². The Hall–Kier alpha value is -3.87. The highest BCUT2D eigenvalue weighted by Gasteiger charge is 2.55. The number of hydrogen-bond acceptors (Lipinski definition) is 10. The number of ether oxygens (including phenoxy) is 2. The summed E-state index contributed by atoms with van der Waals surface area (Å²) in [4.78, 5) is 19.1. The summed E-state index contributed by atoms with van der Waals surface area (Å²) in [7, 11) is 0. The molecule has 2 aromatic heterocycles. The number of piperazine rings is 1. The number of likely N-dealkylation sites (tertiary alicyclic amines) is 1. The summed E-state index contributed by atoms with van der Waals surface area (Å²) in [5.74, 6) is 0.902. The van der Waals surface area contributed by atoms with Gasteiger partial charge in [-0.2, -0.15) is 9.97 Å². The Balaban J connectivity index is 1.09. The van der Waals surface area contributed by atoms with E-state index < -0.39 is 11.6 Å². The molecule has 3 N–H and O–H groups in total. The number of phenolic OH excluding ortho intramolecular Hbond substituents is 1. The smallest absolute Gasteiger partial charge is 0.319 e. The molecule has 5 fully saturated rings. The first-order valence-corrected chi connectivity index (χ1v) is 17.8. The Morgan fingerprint density at radius 3 is 2.80 bits per heavy atom. The number of aryl methyl sites for hydroxylation is 1. The third-order valence-electron chi connectivity index (χ3n) is 12.3. The van der Waals surface area contributed by atoms with Crippen molar-refractivity contribution in [3.05, 3.63) is 41.5 Å². The van der Waals surface area contributed by atoms with Gasteiger partial charge in [0.05, 0.1) is 19.3 Å². The third kappa shape index (κ3) is 4.70. The first-order valence-electron chi connectivity index (χ1n) is 17.8. The number of aromatic hydroxyl groups is 1. The molecular formula is C37H40F2N6O4. The van der Waals surface area contributed by atoms with Gasteiger partial charge < -0.3 is 29.9 Å². The molecule has 2 aromatic carbocycles. The van der Waals surface area contributed by atoms with Crippen molar-refractivity contribution in [2.24, 2.45) is 17.3 Å². The number of phenols is 1. The molecule has 10 rings (SSSR count). The van der Waals surface area contributed by atoms with Crippen LogP contribution in [0.15, 0.2) is 24.3 Å². The maximum atomic E-state index is 17.2. The fourth-order valence-corrected chi connectivity index (χ4v) is 9.46. The lowest BCUT2D eigenvalue weighted by Crippen LogP contribution is -2.60. The van der Waals surface area contributed by atoms with Crippen LogP contribution in [-0.4, -0.2) is 93.7 Å². The average Bonchev–Trinajstić information content (AvgIpc) is 3.99. The van der Waals surface area contributed by atoms with Gasteiger partial charge >= 0.3 is 6.01 Å². The van der Waals surface area contributed by atoms with Crippen LogP contribution < -0.4 is 19.7 Å². The van der Waals surface area contributed by atoms with Gasteiger partial charge in [0, 0.05) is 48.7 Å². The number of benzene rings is 2. The van der Waals surface area contributed by atoms with Crippen molar-refractivity contribution in [2.75, 3.05) is 44.4 Å². The summed E-state index contributed by atoms with van der Waals surface area (Å²) in [5.41, 5.74) is 0.600. The van der Waals surface area contributed by atoms with Gasteiger partial charge in [-0.25, -0.2) is 13.8 Å². The summed E-state index contributed by atoms with van der Waals surface area (Å²) < 4.78 is 45.1. The van der Waals surface area contributed by atoms with Crippen molar-refractivity contribution >= 4 is 27.5 Å². The van der Waals surface area contributed by atoms with Crippen molar-refractivity contribution < 1.29 is 28.5 Å². The second-order valence-electron chi connectivity index (χ2n) is 15.3. The molecule has 2 saturated carbocycles. The zero-order valence-corrected chi connectivity index (χ0v) is 27.5. The Morgan fingerprint density at radius 2 is 1.98 bits per heavy atom. The number of aliphatic hydroxyl groups excluding tert-OH is 1. The van der Waals surface area contributed by atoms with Gasteiger partial charge in [0.25, 0.3) is 0 Å². The fourth-order valence-electron chi connectivity index (χ4n) is 9.46. The van der Waals surface area contributed by atoms with E-state index in [2.05, 4.69) is 15.1 Å². The molecule has 49 heavy (non-hydrogen) atoms. The molecule has 0 amide bonds. The lowest BCUT2D eigenvalue weighted by atomic mass is 9.94. The number of nitrogens with one attached hydrogen (secondary N) is 1. The van der Waals surface area contributed by atoms with E-state index >= 15 is 8.78 Å². The summed E-state index contributed by atoms with van der Waals surface area (Å²) >= 11 is 0. The van der Waals surface area contributed by atoms with E-state index in [-0.39, 0.29) is 70.6 Å². The lowest BCUT2D eigenvalue weighted by molar-refractivity contribution is 0.0966. The first-order chi connectivity index (χ1) is 23.8. The van der Waals surface area contributed by atoms with Gasteiger partial charge in [-0.3, -0.25) is 4.90 Å². The maximum absolute atomic E-state index is 17.2. The number of fused-ring (bicyclic) bond motifs is 7. The van der Waals surface area contributed by atoms with E-state index in [0.29, 0.717) is 65.6 Å². The number of nitrogens with zero attached hydrogens (tertiary/aromatic N) is 5. The molecule has 2 aliphatic carbocycles. The van der Waals surface area contributed by atoms with Crippen LogP contribution in [0, 0.1) is 28.9 Å². The van der Waals surface area contributed by atoms with Gasteiger partial charge in [0.1, 0.15) is 40.6 Å². The highest BCUT2D eigenvalue weighted by atomic mass is 19.1. The molecule has 3 saturated heterocycles. The molecule has 12 heteroatoms. The normalized spacial score (nSPS) is 29.1. The zero-order chi connectivity index (χ0) is 33.2. The fraction of sp³-hybridized carbons (Fsp3) is 0.541. The second-order valence-corrected chi connectivity index (χ2v) is 15.3. The monoisotopic (exact) mass is 670 g/mol. The van der Waals surface area contributed by atoms with E-state index in [1.54, 1.807) is 12.1 Å². The molecule has 6 aliphatic rings. The molecule has 10 nitrogen and oxygen atoms in total. The van der Waals surface area contributed by atoms with E-state index in [4.69, 9.17) is 24.4 Å². The number of hydrogen-bond donors (Lipinski definition) is 3. The summed E-state index contributed by atoms with van der Waals surface area (Å²) in [6, 6.07) is 6.71. The summed E-state index contributed by atoms with van der Waals surface area (Å²) in [6.07, 6.45) is 5.67. The Kier molecular flexibility index (Phi) is 6.62. The first kappa shape index (κ1) is 30.0. The van der Waals surface area contributed by atoms with Crippen LogP contribution >= 0.6 is 0 Å². The average molecular weight is 671 g/mol. The standard InChI is InChI=1S/C37H40F2N6O4/c1-2-22-25(38)5-3-18-9-21(47)11-24(29(18)22)32-31(39)33-30-34(45-13-20-4-6-26(40-20)28(45)15-48-35(30)41-32)43-36(42-33)49-17-37(7-8-37)16-44-12-19-10-23(19)27(44)14-46/h3,5,9,11,19-20,23,26-28,40,46-47H,2,4,6-8,10,12-17H2,1H3/t19-,20-,23-,26+,27-,28-/m0/s1. The number of aliphatic hydroxyl groups is 1. The predicted molar refractivity (Wildman–Crippen MR) is 179 cm³/mol. The van der Waals surface area contributed by atoms with E-state index in [1.807, 2.05) is 6.92 Å². The predicted octanol–water partition coefficient (Wildman–Crippen LogP) is 4.56. The Morgan fingerprint density at radius 1 is 1.10 bits per heavy atom. The van der Waals surface area contributed by atoms with Gasteiger partial charge in [-0.1, -0.05) is 13.0 Å². The number of pyridine rings is 1. The van der Waals surface area contributed by atoms with Crippen LogP contribution in [0.25, 0.3) is 32.9 Å². The Bertz CT molecular complexity index is 2030. The quantitative estimate of drug-likeness (QED) is 0.246. The van der Waals surface area contributed by atoms with Crippen LogP contribution in [0.5, 0.6) is 17.6 Å². The van der Waals surface area contributed by atoms with Crippen LogP contribution in [0.3, 0.4) is 0 Å². The minimum atomic E-state index is -0.700. The zero-order valence-electron chi connectivity index (χ0n) is 27.5. The minimum absolute atomic E-state index is 0.0299. The number of halogens is 2. The molecule has 2 bridgehead atoms. The van der Waals surface area contributed by atoms with Crippen LogP contribution in [0.4, 0.5) is 14.6 Å². The van der Waals surface area contributed by atoms with Crippen LogP contribution in [0.2, 0.25) is 0 Å². The topological polar surface area (TPSA) is 116 Å². The molecular weight excluding hydrogens is 630 g/mol. The van der Waals surface area contributed by atoms with E-state index in [1.165, 1.54) is 18.6 Å². The molecule has 0 unspecified atom stereocenters. The van der Waals surface area contributed by atoms with Crippen molar-refractivity contribution in [1.82, 2.24) is 25.2 Å².